The molecule has 2 aromatic rings. The van der Waals surface area contributed by atoms with Gasteiger partial charge in [0.1, 0.15) is 5.82 Å². The molecule has 0 saturated carbocycles. The smallest absolute Gasteiger partial charge is 0.128 e. The molecule has 2 nitrogen and oxygen atoms in total. The Labute approximate surface area is 121 Å². The first-order valence-electron chi connectivity index (χ1n) is 6.05. The van der Waals surface area contributed by atoms with Gasteiger partial charge in [0.05, 0.1) is 6.04 Å². The molecule has 19 heavy (non-hydrogen) atoms. The topological polar surface area (TPSA) is 24.1 Å². The second-order valence-electron chi connectivity index (χ2n) is 4.26. The fourth-order valence-electron chi connectivity index (χ4n) is 2.08. The lowest BCUT2D eigenvalue weighted by Gasteiger charge is -2.18. The molecule has 0 radical (unpaired) electrons. The molecule has 2 rings (SSSR count). The third-order valence-corrected chi connectivity index (χ3v) is 3.58. The van der Waals surface area contributed by atoms with Crippen molar-refractivity contribution in [3.63, 3.8) is 0 Å². The van der Waals surface area contributed by atoms with E-state index in [2.05, 4.69) is 26.6 Å². The summed E-state index contributed by atoms with van der Waals surface area (Å²) < 4.78 is 14.8. The number of hydrogen-bond acceptors (Lipinski definition) is 2. The van der Waals surface area contributed by atoms with E-state index in [1.165, 1.54) is 6.07 Å². The standard InChI is InChI=1S/C15H16BrFN2/c1-18-12-6-3-10(4-7-12)15(19-2)13-9-11(16)5-8-14(13)17/h3-9,15,18-19H,1-2H3. The van der Waals surface area contributed by atoms with Gasteiger partial charge in [-0.2, -0.15) is 0 Å². The fraction of sp³-hybridized carbons (Fsp3) is 0.200. The summed E-state index contributed by atoms with van der Waals surface area (Å²) >= 11 is 3.38. The summed E-state index contributed by atoms with van der Waals surface area (Å²) in [5, 5.41) is 6.23. The second kappa shape index (κ2) is 6.17. The molecule has 0 aromatic heterocycles. The maximum absolute atomic E-state index is 14.0. The van der Waals surface area contributed by atoms with E-state index in [1.807, 2.05) is 44.4 Å². The van der Waals surface area contributed by atoms with Crippen LogP contribution in [0.2, 0.25) is 0 Å². The predicted octanol–water partition coefficient (Wildman–Crippen LogP) is 3.94. The van der Waals surface area contributed by atoms with Crippen molar-refractivity contribution in [2.45, 2.75) is 6.04 Å². The van der Waals surface area contributed by atoms with Crippen molar-refractivity contribution < 1.29 is 4.39 Å². The highest BCUT2D eigenvalue weighted by molar-refractivity contribution is 9.10. The zero-order chi connectivity index (χ0) is 13.8. The predicted molar refractivity (Wildman–Crippen MR) is 81.0 cm³/mol. The zero-order valence-corrected chi connectivity index (χ0v) is 12.5. The summed E-state index contributed by atoms with van der Waals surface area (Å²) in [4.78, 5) is 0. The molecule has 100 valence electrons. The van der Waals surface area contributed by atoms with Crippen LogP contribution in [-0.4, -0.2) is 14.1 Å². The third-order valence-electron chi connectivity index (χ3n) is 3.09. The van der Waals surface area contributed by atoms with E-state index >= 15 is 0 Å². The minimum atomic E-state index is -0.208. The Kier molecular flexibility index (Phi) is 4.56. The first-order chi connectivity index (χ1) is 9.15. The van der Waals surface area contributed by atoms with Crippen molar-refractivity contribution in [1.29, 1.82) is 0 Å². The Morgan fingerprint density at radius 1 is 1.05 bits per heavy atom. The van der Waals surface area contributed by atoms with Gasteiger partial charge in [0, 0.05) is 22.8 Å². The largest absolute Gasteiger partial charge is 0.388 e. The molecule has 1 unspecified atom stereocenters. The van der Waals surface area contributed by atoms with Gasteiger partial charge < -0.3 is 10.6 Å². The maximum Gasteiger partial charge on any atom is 0.128 e. The van der Waals surface area contributed by atoms with E-state index in [0.717, 1.165) is 15.7 Å². The van der Waals surface area contributed by atoms with E-state index in [1.54, 1.807) is 6.07 Å². The van der Waals surface area contributed by atoms with Crippen LogP contribution < -0.4 is 10.6 Å². The molecule has 0 fully saturated rings. The van der Waals surface area contributed by atoms with Gasteiger partial charge in [-0.15, -0.1) is 0 Å². The highest BCUT2D eigenvalue weighted by Gasteiger charge is 2.16. The number of halogens is 2. The molecule has 4 heteroatoms. The SMILES string of the molecule is CNc1ccc(C(NC)c2cc(Br)ccc2F)cc1. The van der Waals surface area contributed by atoms with Crippen LogP contribution in [-0.2, 0) is 0 Å². The highest BCUT2D eigenvalue weighted by atomic mass is 79.9. The first-order valence-corrected chi connectivity index (χ1v) is 6.85. The maximum atomic E-state index is 14.0. The number of nitrogens with one attached hydrogen (secondary N) is 2. The molecular formula is C15H16BrFN2. The zero-order valence-electron chi connectivity index (χ0n) is 10.9. The van der Waals surface area contributed by atoms with Crippen LogP contribution in [0.3, 0.4) is 0 Å². The molecular weight excluding hydrogens is 307 g/mol. The van der Waals surface area contributed by atoms with Gasteiger partial charge >= 0.3 is 0 Å². The third kappa shape index (κ3) is 3.14. The van der Waals surface area contributed by atoms with Gasteiger partial charge in [-0.1, -0.05) is 28.1 Å². The summed E-state index contributed by atoms with van der Waals surface area (Å²) in [6.07, 6.45) is 0. The number of anilines is 1. The first kappa shape index (κ1) is 14.0. The molecule has 1 atom stereocenters. The van der Waals surface area contributed by atoms with E-state index in [9.17, 15) is 4.39 Å². The fourth-order valence-corrected chi connectivity index (χ4v) is 2.46. The Morgan fingerprint density at radius 3 is 2.32 bits per heavy atom. The minimum Gasteiger partial charge on any atom is -0.388 e. The summed E-state index contributed by atoms with van der Waals surface area (Å²) in [5.41, 5.74) is 2.70. The highest BCUT2D eigenvalue weighted by Crippen LogP contribution is 2.27. The quantitative estimate of drug-likeness (QED) is 0.891. The van der Waals surface area contributed by atoms with E-state index in [0.29, 0.717) is 5.56 Å². The van der Waals surface area contributed by atoms with Crippen molar-refractivity contribution in [1.82, 2.24) is 5.32 Å². The van der Waals surface area contributed by atoms with Crippen molar-refractivity contribution in [3.05, 3.63) is 63.9 Å². The van der Waals surface area contributed by atoms with Gasteiger partial charge in [0.15, 0.2) is 0 Å². The molecule has 0 amide bonds. The average Bonchev–Trinajstić information content (AvgIpc) is 2.44. The molecule has 0 aliphatic carbocycles. The van der Waals surface area contributed by atoms with Crippen LogP contribution in [0.5, 0.6) is 0 Å². The van der Waals surface area contributed by atoms with Crippen molar-refractivity contribution in [2.24, 2.45) is 0 Å². The Morgan fingerprint density at radius 2 is 1.74 bits per heavy atom. The van der Waals surface area contributed by atoms with Crippen molar-refractivity contribution in [2.75, 3.05) is 19.4 Å². The average molecular weight is 323 g/mol. The van der Waals surface area contributed by atoms with Crippen LogP contribution in [0, 0.1) is 5.82 Å². The van der Waals surface area contributed by atoms with E-state index in [4.69, 9.17) is 0 Å². The molecule has 0 heterocycles. The monoisotopic (exact) mass is 322 g/mol. The van der Waals surface area contributed by atoms with Gasteiger partial charge in [-0.3, -0.25) is 0 Å². The van der Waals surface area contributed by atoms with Crippen LogP contribution in [0.15, 0.2) is 46.9 Å². The Bertz CT molecular complexity index is 555. The van der Waals surface area contributed by atoms with Crippen molar-refractivity contribution in [3.8, 4) is 0 Å². The van der Waals surface area contributed by atoms with Crippen LogP contribution >= 0.6 is 15.9 Å². The lowest BCUT2D eigenvalue weighted by atomic mass is 9.98. The van der Waals surface area contributed by atoms with Crippen LogP contribution in [0.4, 0.5) is 10.1 Å². The van der Waals surface area contributed by atoms with Gasteiger partial charge in [0.25, 0.3) is 0 Å². The normalized spacial score (nSPS) is 12.2. The Hall–Kier alpha value is -1.39. The summed E-state index contributed by atoms with van der Waals surface area (Å²) in [7, 11) is 3.70. The molecule has 0 aliphatic heterocycles. The van der Waals surface area contributed by atoms with Gasteiger partial charge in [0.2, 0.25) is 0 Å². The number of hydrogen-bond donors (Lipinski definition) is 2. The lowest BCUT2D eigenvalue weighted by molar-refractivity contribution is 0.576. The van der Waals surface area contributed by atoms with Crippen LogP contribution in [0.1, 0.15) is 17.2 Å². The second-order valence-corrected chi connectivity index (χ2v) is 5.18. The molecule has 0 saturated heterocycles. The molecule has 0 spiro atoms. The number of benzene rings is 2. The molecule has 0 bridgehead atoms. The minimum absolute atomic E-state index is 0.164. The molecule has 2 aromatic carbocycles. The van der Waals surface area contributed by atoms with Gasteiger partial charge in [-0.05, 0) is 42.9 Å². The summed E-state index contributed by atoms with van der Waals surface area (Å²) in [6.45, 7) is 0. The summed E-state index contributed by atoms with van der Waals surface area (Å²) in [6, 6.07) is 12.8. The van der Waals surface area contributed by atoms with Crippen molar-refractivity contribution >= 4 is 21.6 Å². The van der Waals surface area contributed by atoms with E-state index in [-0.39, 0.29) is 11.9 Å². The van der Waals surface area contributed by atoms with E-state index < -0.39 is 0 Å². The summed E-state index contributed by atoms with van der Waals surface area (Å²) in [5.74, 6) is -0.208. The Balaban J connectivity index is 2.40. The number of rotatable bonds is 4. The lowest BCUT2D eigenvalue weighted by Crippen LogP contribution is -2.19. The molecule has 2 N–H and O–H groups in total. The van der Waals surface area contributed by atoms with Crippen LogP contribution in [0.25, 0.3) is 0 Å². The molecule has 0 aliphatic rings. The van der Waals surface area contributed by atoms with Gasteiger partial charge in [-0.25, -0.2) is 4.39 Å².